The Labute approximate surface area is 149 Å². The number of nitrogens with zero attached hydrogens (tertiary/aromatic N) is 1. The van der Waals surface area contributed by atoms with Crippen molar-refractivity contribution in [2.75, 3.05) is 12.3 Å². The number of benzene rings is 2. The maximum Gasteiger partial charge on any atom is 0.312 e. The van der Waals surface area contributed by atoms with Gasteiger partial charge in [0.2, 0.25) is 5.91 Å². The van der Waals surface area contributed by atoms with Gasteiger partial charge in [-0.1, -0.05) is 24.3 Å². The van der Waals surface area contributed by atoms with E-state index in [0.717, 1.165) is 16.0 Å². The Hall–Kier alpha value is -2.34. The Morgan fingerprint density at radius 1 is 1.16 bits per heavy atom. The van der Waals surface area contributed by atoms with Gasteiger partial charge in [0.05, 0.1) is 5.92 Å². The van der Waals surface area contributed by atoms with Crippen LogP contribution in [0.2, 0.25) is 0 Å². The van der Waals surface area contributed by atoms with Crippen LogP contribution in [0.1, 0.15) is 23.5 Å². The second-order valence-electron chi connectivity index (χ2n) is 5.92. The van der Waals surface area contributed by atoms with Gasteiger partial charge in [-0.3, -0.25) is 9.59 Å². The molecule has 1 unspecified atom stereocenters. The van der Waals surface area contributed by atoms with Gasteiger partial charge >= 0.3 is 5.97 Å². The number of carboxylic acid groups (broad SMARTS) is 1. The number of aliphatic carboxylic acids is 1. The minimum absolute atomic E-state index is 0.0598. The van der Waals surface area contributed by atoms with Crippen LogP contribution in [-0.4, -0.2) is 34.2 Å². The largest absolute Gasteiger partial charge is 0.481 e. The highest BCUT2D eigenvalue weighted by atomic mass is 32.2. The van der Waals surface area contributed by atoms with E-state index in [1.165, 1.54) is 23.9 Å². The number of amides is 1. The standard InChI is InChI=1S/C19H18FNO3S/c20-14-5-7-15(8-6-14)25-10-9-18(22)21-11-13-3-1-2-4-16(13)17(12-21)19(23)24/h1-8,17H,9-12H2,(H,23,24). The van der Waals surface area contributed by atoms with E-state index < -0.39 is 11.9 Å². The molecule has 1 atom stereocenters. The molecule has 1 amide bonds. The van der Waals surface area contributed by atoms with Gasteiger partial charge < -0.3 is 10.0 Å². The van der Waals surface area contributed by atoms with Crippen molar-refractivity contribution in [3.8, 4) is 0 Å². The van der Waals surface area contributed by atoms with Crippen molar-refractivity contribution in [2.24, 2.45) is 0 Å². The summed E-state index contributed by atoms with van der Waals surface area (Å²) in [5.74, 6) is -1.37. The van der Waals surface area contributed by atoms with Crippen LogP contribution in [-0.2, 0) is 16.1 Å². The summed E-state index contributed by atoms with van der Waals surface area (Å²) in [5.41, 5.74) is 1.68. The summed E-state index contributed by atoms with van der Waals surface area (Å²) in [6.45, 7) is 0.645. The molecule has 1 heterocycles. The van der Waals surface area contributed by atoms with E-state index in [9.17, 15) is 19.1 Å². The van der Waals surface area contributed by atoms with Crippen molar-refractivity contribution in [1.29, 1.82) is 0 Å². The first-order valence-corrected chi connectivity index (χ1v) is 9.00. The second-order valence-corrected chi connectivity index (χ2v) is 7.08. The van der Waals surface area contributed by atoms with Crippen LogP contribution in [0.3, 0.4) is 0 Å². The summed E-state index contributed by atoms with van der Waals surface area (Å²) < 4.78 is 12.9. The average Bonchev–Trinajstić information content (AvgIpc) is 2.62. The lowest BCUT2D eigenvalue weighted by Crippen LogP contribution is -2.40. The zero-order valence-electron chi connectivity index (χ0n) is 13.5. The monoisotopic (exact) mass is 359 g/mol. The lowest BCUT2D eigenvalue weighted by atomic mass is 9.89. The van der Waals surface area contributed by atoms with Gasteiger partial charge in [-0.2, -0.15) is 0 Å². The highest BCUT2D eigenvalue weighted by Crippen LogP contribution is 2.29. The molecule has 3 rings (SSSR count). The summed E-state index contributed by atoms with van der Waals surface area (Å²) >= 11 is 1.48. The summed E-state index contributed by atoms with van der Waals surface area (Å²) in [5, 5.41) is 9.46. The summed E-state index contributed by atoms with van der Waals surface area (Å²) in [7, 11) is 0. The molecule has 0 saturated heterocycles. The minimum Gasteiger partial charge on any atom is -0.481 e. The molecule has 2 aromatic rings. The Morgan fingerprint density at radius 2 is 1.88 bits per heavy atom. The third-order valence-corrected chi connectivity index (χ3v) is 5.26. The Balaban J connectivity index is 1.61. The molecule has 0 bridgehead atoms. The van der Waals surface area contributed by atoms with E-state index in [-0.39, 0.29) is 18.3 Å². The van der Waals surface area contributed by atoms with Crippen LogP contribution in [0, 0.1) is 5.82 Å². The van der Waals surface area contributed by atoms with Crippen LogP contribution in [0.4, 0.5) is 4.39 Å². The molecule has 0 fully saturated rings. The second kappa shape index (κ2) is 7.70. The van der Waals surface area contributed by atoms with E-state index in [0.29, 0.717) is 18.7 Å². The fourth-order valence-corrected chi connectivity index (χ4v) is 3.79. The molecule has 6 heteroatoms. The van der Waals surface area contributed by atoms with Gasteiger partial charge in [-0.05, 0) is 35.4 Å². The van der Waals surface area contributed by atoms with E-state index in [1.807, 2.05) is 24.3 Å². The molecule has 0 aliphatic carbocycles. The van der Waals surface area contributed by atoms with Crippen molar-refractivity contribution in [2.45, 2.75) is 23.8 Å². The molecule has 4 nitrogen and oxygen atoms in total. The first kappa shape index (κ1) is 17.5. The molecule has 1 aliphatic heterocycles. The third-order valence-electron chi connectivity index (χ3n) is 4.24. The lowest BCUT2D eigenvalue weighted by molar-refractivity contribution is -0.141. The van der Waals surface area contributed by atoms with Crippen LogP contribution in [0.5, 0.6) is 0 Å². The molecule has 0 aromatic heterocycles. The number of carbonyl (C=O) groups is 2. The van der Waals surface area contributed by atoms with Crippen molar-refractivity contribution >= 4 is 23.6 Å². The van der Waals surface area contributed by atoms with Crippen molar-refractivity contribution < 1.29 is 19.1 Å². The van der Waals surface area contributed by atoms with Crippen molar-refractivity contribution in [3.63, 3.8) is 0 Å². The molecule has 0 radical (unpaired) electrons. The maximum atomic E-state index is 12.9. The molecule has 0 saturated carbocycles. The van der Waals surface area contributed by atoms with Crippen molar-refractivity contribution in [1.82, 2.24) is 4.90 Å². The smallest absolute Gasteiger partial charge is 0.312 e. The van der Waals surface area contributed by atoms with E-state index >= 15 is 0 Å². The molecule has 1 N–H and O–H groups in total. The highest BCUT2D eigenvalue weighted by Gasteiger charge is 2.32. The SMILES string of the molecule is O=C(O)C1CN(C(=O)CCSc2ccc(F)cc2)Cc2ccccc21. The Kier molecular flexibility index (Phi) is 5.38. The predicted molar refractivity (Wildman–Crippen MR) is 94.0 cm³/mol. The van der Waals surface area contributed by atoms with Gasteiger partial charge in [-0.15, -0.1) is 11.8 Å². The number of rotatable bonds is 5. The number of hydrogen-bond donors (Lipinski definition) is 1. The van der Waals surface area contributed by atoms with Crippen molar-refractivity contribution in [3.05, 3.63) is 65.5 Å². The molecule has 25 heavy (non-hydrogen) atoms. The molecule has 130 valence electrons. The van der Waals surface area contributed by atoms with Gasteiger partial charge in [0, 0.05) is 30.2 Å². The van der Waals surface area contributed by atoms with Gasteiger partial charge in [0.15, 0.2) is 0 Å². The zero-order valence-corrected chi connectivity index (χ0v) is 14.3. The van der Waals surface area contributed by atoms with Crippen LogP contribution < -0.4 is 0 Å². The fraction of sp³-hybridized carbons (Fsp3) is 0.263. The van der Waals surface area contributed by atoms with Crippen LogP contribution in [0.15, 0.2) is 53.4 Å². The molecular weight excluding hydrogens is 341 g/mol. The van der Waals surface area contributed by atoms with Gasteiger partial charge in [-0.25, -0.2) is 4.39 Å². The Bertz CT molecular complexity index is 778. The minimum atomic E-state index is -0.911. The number of thioether (sulfide) groups is 1. The molecule has 1 aliphatic rings. The van der Waals surface area contributed by atoms with Crippen LogP contribution >= 0.6 is 11.8 Å². The maximum absolute atomic E-state index is 12.9. The summed E-state index contributed by atoms with van der Waals surface area (Å²) in [6, 6.07) is 13.5. The van der Waals surface area contributed by atoms with E-state index in [2.05, 4.69) is 0 Å². The summed E-state index contributed by atoms with van der Waals surface area (Å²) in [6.07, 6.45) is 0.316. The quantitative estimate of drug-likeness (QED) is 0.830. The number of halogens is 1. The first-order chi connectivity index (χ1) is 12.0. The molecule has 2 aromatic carbocycles. The van der Waals surface area contributed by atoms with E-state index in [1.54, 1.807) is 17.0 Å². The summed E-state index contributed by atoms with van der Waals surface area (Å²) in [4.78, 5) is 26.5. The predicted octanol–water partition coefficient (Wildman–Crippen LogP) is 3.52. The molecule has 0 spiro atoms. The first-order valence-electron chi connectivity index (χ1n) is 8.01. The third kappa shape index (κ3) is 4.20. The average molecular weight is 359 g/mol. The Morgan fingerprint density at radius 3 is 2.60 bits per heavy atom. The fourth-order valence-electron chi connectivity index (χ4n) is 2.95. The van der Waals surface area contributed by atoms with Gasteiger partial charge in [0.25, 0.3) is 0 Å². The number of carboxylic acids is 1. The number of hydrogen-bond acceptors (Lipinski definition) is 3. The normalized spacial score (nSPS) is 16.4. The number of fused-ring (bicyclic) bond motifs is 1. The number of carbonyl (C=O) groups excluding carboxylic acids is 1. The molecular formula is C19H18FNO3S. The highest BCUT2D eigenvalue weighted by molar-refractivity contribution is 7.99. The zero-order chi connectivity index (χ0) is 17.8. The van der Waals surface area contributed by atoms with Gasteiger partial charge in [0.1, 0.15) is 5.82 Å². The van der Waals surface area contributed by atoms with E-state index in [4.69, 9.17) is 0 Å². The topological polar surface area (TPSA) is 57.6 Å². The lowest BCUT2D eigenvalue weighted by Gasteiger charge is -2.32. The van der Waals surface area contributed by atoms with Crippen LogP contribution in [0.25, 0.3) is 0 Å².